The number of benzene rings is 2. The van der Waals surface area contributed by atoms with Crippen molar-refractivity contribution in [2.75, 3.05) is 13.1 Å². The van der Waals surface area contributed by atoms with Crippen molar-refractivity contribution in [2.45, 2.75) is 24.8 Å². The number of nitrogens with one attached hydrogen (secondary N) is 1. The lowest BCUT2D eigenvalue weighted by atomic mass is 9.90. The van der Waals surface area contributed by atoms with Crippen LogP contribution in [0.15, 0.2) is 53.5 Å². The van der Waals surface area contributed by atoms with Gasteiger partial charge in [-0.2, -0.15) is 0 Å². The van der Waals surface area contributed by atoms with Crippen molar-refractivity contribution in [3.05, 3.63) is 70.2 Å². The van der Waals surface area contributed by atoms with Gasteiger partial charge in [-0.15, -0.1) is 0 Å². The van der Waals surface area contributed by atoms with Crippen LogP contribution in [0.1, 0.15) is 35.9 Å². The second-order valence-corrected chi connectivity index (χ2v) is 6.01. The van der Waals surface area contributed by atoms with E-state index in [9.17, 15) is 0 Å². The fourth-order valence-electron chi connectivity index (χ4n) is 3.38. The summed E-state index contributed by atoms with van der Waals surface area (Å²) in [5.41, 5.74) is 2.75. The van der Waals surface area contributed by atoms with Crippen LogP contribution in [0.2, 0.25) is 0 Å². The molecule has 1 fully saturated rings. The summed E-state index contributed by atoms with van der Waals surface area (Å²) in [6.45, 7) is 2.29. The van der Waals surface area contributed by atoms with Gasteiger partial charge in [0.1, 0.15) is 0 Å². The SMILES string of the molecule is C1=c2ccccc2=NC1c1ccc([C@@H]2CCCNC2)cc1. The molecule has 21 heavy (non-hydrogen) atoms. The van der Waals surface area contributed by atoms with E-state index in [-0.39, 0.29) is 6.04 Å². The first-order valence-electron chi connectivity index (χ1n) is 7.85. The minimum Gasteiger partial charge on any atom is -0.316 e. The van der Waals surface area contributed by atoms with E-state index in [4.69, 9.17) is 4.99 Å². The highest BCUT2D eigenvalue weighted by molar-refractivity contribution is 5.43. The van der Waals surface area contributed by atoms with E-state index in [1.165, 1.54) is 35.7 Å². The quantitative estimate of drug-likeness (QED) is 0.894. The molecule has 2 nitrogen and oxygen atoms in total. The molecule has 1 N–H and O–H groups in total. The Morgan fingerprint density at radius 1 is 0.952 bits per heavy atom. The van der Waals surface area contributed by atoms with Gasteiger partial charge in [-0.25, -0.2) is 0 Å². The Morgan fingerprint density at radius 2 is 1.76 bits per heavy atom. The Kier molecular flexibility index (Phi) is 3.32. The molecule has 2 aliphatic rings. The Bertz CT molecular complexity index is 705. The van der Waals surface area contributed by atoms with Crippen LogP contribution in [0, 0.1) is 0 Å². The number of para-hydroxylation sites is 1. The summed E-state index contributed by atoms with van der Waals surface area (Å²) in [6.07, 6.45) is 4.84. The van der Waals surface area contributed by atoms with Gasteiger partial charge in [0.25, 0.3) is 0 Å². The largest absolute Gasteiger partial charge is 0.316 e. The molecule has 2 atom stereocenters. The standard InChI is InChI=1S/C19H20N2/c1-2-6-18-16(4-1)12-19(21-18)15-9-7-14(8-10-15)17-5-3-11-20-13-17/h1-2,4,6-10,12,17,19-20H,3,5,11,13H2/t17-,19?/m1/s1. The van der Waals surface area contributed by atoms with Gasteiger partial charge >= 0.3 is 0 Å². The van der Waals surface area contributed by atoms with Crippen LogP contribution in [0.5, 0.6) is 0 Å². The molecule has 1 saturated heterocycles. The zero-order valence-corrected chi connectivity index (χ0v) is 12.1. The summed E-state index contributed by atoms with van der Waals surface area (Å²) in [5, 5.41) is 5.86. The van der Waals surface area contributed by atoms with Crippen LogP contribution in [0.4, 0.5) is 0 Å². The predicted molar refractivity (Wildman–Crippen MR) is 85.7 cm³/mol. The van der Waals surface area contributed by atoms with Gasteiger partial charge in [0.15, 0.2) is 0 Å². The first-order valence-corrected chi connectivity index (χ1v) is 7.85. The Hall–Kier alpha value is -1.93. The van der Waals surface area contributed by atoms with Crippen molar-refractivity contribution in [3.63, 3.8) is 0 Å². The third-order valence-electron chi connectivity index (χ3n) is 4.60. The van der Waals surface area contributed by atoms with E-state index in [1.807, 2.05) is 0 Å². The first-order chi connectivity index (χ1) is 10.4. The zero-order valence-electron chi connectivity index (χ0n) is 12.1. The van der Waals surface area contributed by atoms with Gasteiger partial charge in [-0.1, -0.05) is 42.5 Å². The van der Waals surface area contributed by atoms with Gasteiger partial charge in [0, 0.05) is 6.54 Å². The van der Waals surface area contributed by atoms with Crippen LogP contribution in [-0.2, 0) is 0 Å². The van der Waals surface area contributed by atoms with E-state index >= 15 is 0 Å². The fourth-order valence-corrected chi connectivity index (χ4v) is 3.38. The molecular formula is C19H20N2. The zero-order chi connectivity index (χ0) is 14.1. The summed E-state index contributed by atoms with van der Waals surface area (Å²) < 4.78 is 0. The minimum absolute atomic E-state index is 0.181. The van der Waals surface area contributed by atoms with E-state index < -0.39 is 0 Å². The van der Waals surface area contributed by atoms with Gasteiger partial charge in [0.2, 0.25) is 0 Å². The average molecular weight is 276 g/mol. The average Bonchev–Trinajstić information content (AvgIpc) is 3.00. The molecule has 0 bridgehead atoms. The van der Waals surface area contributed by atoms with E-state index in [1.54, 1.807) is 0 Å². The van der Waals surface area contributed by atoms with Gasteiger partial charge in [-0.05, 0) is 53.8 Å². The normalized spacial score (nSPS) is 24.0. The number of piperidine rings is 1. The van der Waals surface area contributed by atoms with Crippen molar-refractivity contribution < 1.29 is 0 Å². The molecule has 0 aliphatic carbocycles. The summed E-state index contributed by atoms with van der Waals surface area (Å²) in [5.74, 6) is 0.675. The van der Waals surface area contributed by atoms with Crippen LogP contribution in [0.3, 0.4) is 0 Å². The molecule has 0 amide bonds. The second kappa shape index (κ2) is 5.45. The number of nitrogens with zero attached hydrogens (tertiary/aromatic N) is 1. The maximum atomic E-state index is 4.80. The van der Waals surface area contributed by atoms with Crippen LogP contribution < -0.4 is 15.9 Å². The van der Waals surface area contributed by atoms with Crippen molar-refractivity contribution in [1.82, 2.24) is 5.32 Å². The summed E-state index contributed by atoms with van der Waals surface area (Å²) in [4.78, 5) is 4.80. The lowest BCUT2D eigenvalue weighted by Crippen LogP contribution is -2.28. The molecule has 0 aromatic heterocycles. The molecule has 1 unspecified atom stereocenters. The Labute approximate surface area is 125 Å². The molecule has 0 saturated carbocycles. The summed E-state index contributed by atoms with van der Waals surface area (Å²) in [7, 11) is 0. The highest BCUT2D eigenvalue weighted by Crippen LogP contribution is 2.26. The van der Waals surface area contributed by atoms with Gasteiger partial charge in [-0.3, -0.25) is 4.99 Å². The summed E-state index contributed by atoms with van der Waals surface area (Å²) in [6, 6.07) is 17.6. The number of hydrogen-bond acceptors (Lipinski definition) is 2. The lowest BCUT2D eigenvalue weighted by molar-refractivity contribution is 0.461. The maximum absolute atomic E-state index is 4.80. The molecule has 2 heteroatoms. The van der Waals surface area contributed by atoms with E-state index in [0.717, 1.165) is 11.9 Å². The fraction of sp³-hybridized carbons (Fsp3) is 0.316. The molecule has 106 valence electrons. The van der Waals surface area contributed by atoms with E-state index in [0.29, 0.717) is 5.92 Å². The highest BCUT2D eigenvalue weighted by atomic mass is 14.9. The van der Waals surface area contributed by atoms with Crippen LogP contribution >= 0.6 is 0 Å². The molecule has 2 aromatic rings. The van der Waals surface area contributed by atoms with Gasteiger partial charge in [0.05, 0.1) is 11.4 Å². The van der Waals surface area contributed by atoms with Crippen molar-refractivity contribution in [1.29, 1.82) is 0 Å². The number of rotatable bonds is 2. The monoisotopic (exact) mass is 276 g/mol. The Morgan fingerprint density at radius 3 is 2.52 bits per heavy atom. The maximum Gasteiger partial charge on any atom is 0.0947 e. The molecule has 0 spiro atoms. The van der Waals surface area contributed by atoms with Crippen molar-refractivity contribution in [2.24, 2.45) is 4.99 Å². The highest BCUT2D eigenvalue weighted by Gasteiger charge is 2.16. The predicted octanol–water partition coefficient (Wildman–Crippen LogP) is 2.31. The molecular weight excluding hydrogens is 256 g/mol. The van der Waals surface area contributed by atoms with Crippen molar-refractivity contribution >= 4 is 6.08 Å². The Balaban J connectivity index is 1.58. The topological polar surface area (TPSA) is 24.4 Å². The van der Waals surface area contributed by atoms with Gasteiger partial charge < -0.3 is 5.32 Å². The molecule has 0 radical (unpaired) electrons. The van der Waals surface area contributed by atoms with E-state index in [2.05, 4.69) is 59.9 Å². The minimum atomic E-state index is 0.181. The van der Waals surface area contributed by atoms with Crippen molar-refractivity contribution in [3.8, 4) is 0 Å². The van der Waals surface area contributed by atoms with Crippen LogP contribution in [0.25, 0.3) is 6.08 Å². The lowest BCUT2D eigenvalue weighted by Gasteiger charge is -2.23. The first kappa shape index (κ1) is 12.8. The molecule has 4 rings (SSSR count). The number of fused-ring (bicyclic) bond motifs is 1. The third kappa shape index (κ3) is 2.52. The third-order valence-corrected chi connectivity index (χ3v) is 4.60. The molecule has 2 aromatic carbocycles. The van der Waals surface area contributed by atoms with Crippen LogP contribution in [-0.4, -0.2) is 13.1 Å². The molecule has 2 aliphatic heterocycles. The smallest absolute Gasteiger partial charge is 0.0947 e. The second-order valence-electron chi connectivity index (χ2n) is 6.01. The summed E-state index contributed by atoms with van der Waals surface area (Å²) >= 11 is 0. The molecule has 2 heterocycles. The number of hydrogen-bond donors (Lipinski definition) is 1.